The van der Waals surface area contributed by atoms with Gasteiger partial charge in [0.2, 0.25) is 0 Å². The Morgan fingerprint density at radius 3 is 3.06 bits per heavy atom. The zero-order chi connectivity index (χ0) is 13.1. The van der Waals surface area contributed by atoms with Crippen molar-refractivity contribution in [3.63, 3.8) is 0 Å². The van der Waals surface area contributed by atoms with Crippen molar-refractivity contribution in [1.82, 2.24) is 14.8 Å². The first-order valence-electron chi connectivity index (χ1n) is 5.53. The molecule has 0 unspecified atom stereocenters. The molecule has 7 heteroatoms. The number of hydrogen-bond donors (Lipinski definition) is 2. The Morgan fingerprint density at radius 2 is 2.39 bits per heavy atom. The normalized spacial score (nSPS) is 10.6. The summed E-state index contributed by atoms with van der Waals surface area (Å²) in [4.78, 5) is 14.7. The fraction of sp³-hybridized carbons (Fsp3) is 0.364. The van der Waals surface area contributed by atoms with E-state index in [1.54, 1.807) is 4.68 Å². The maximum atomic E-state index is 10.9. The van der Waals surface area contributed by atoms with Crippen LogP contribution in [0.1, 0.15) is 28.7 Å². The summed E-state index contributed by atoms with van der Waals surface area (Å²) in [6, 6.07) is 0. The summed E-state index contributed by atoms with van der Waals surface area (Å²) < 4.78 is 1.76. The van der Waals surface area contributed by atoms with Gasteiger partial charge >= 0.3 is 5.97 Å². The average Bonchev–Trinajstić information content (AvgIpc) is 2.92. The first kappa shape index (κ1) is 12.6. The minimum atomic E-state index is -1.01. The third-order valence-electron chi connectivity index (χ3n) is 2.54. The van der Waals surface area contributed by atoms with E-state index in [-0.39, 0.29) is 5.69 Å². The van der Waals surface area contributed by atoms with Gasteiger partial charge in [0.05, 0.1) is 11.2 Å². The molecule has 18 heavy (non-hydrogen) atoms. The minimum absolute atomic E-state index is 0.0712. The molecule has 2 N–H and O–H groups in total. The van der Waals surface area contributed by atoms with Crippen molar-refractivity contribution in [3.05, 3.63) is 28.7 Å². The van der Waals surface area contributed by atoms with Crippen LogP contribution in [0.5, 0.6) is 0 Å². The van der Waals surface area contributed by atoms with Crippen LogP contribution in [0.15, 0.2) is 11.7 Å². The summed E-state index contributed by atoms with van der Waals surface area (Å²) in [5.41, 5.74) is 3.69. The van der Waals surface area contributed by atoms with Crippen molar-refractivity contribution in [3.8, 4) is 0 Å². The Balaban J connectivity index is 2.11. The lowest BCUT2D eigenvalue weighted by Gasteiger charge is -2.03. The molecule has 0 amide bonds. The van der Waals surface area contributed by atoms with E-state index in [0.29, 0.717) is 11.5 Å². The number of nitrogens with one attached hydrogen (secondary N) is 1. The van der Waals surface area contributed by atoms with E-state index in [0.717, 1.165) is 17.7 Å². The first-order chi connectivity index (χ1) is 8.61. The topological polar surface area (TPSA) is 80.0 Å². The van der Waals surface area contributed by atoms with Gasteiger partial charge in [-0.1, -0.05) is 6.92 Å². The third kappa shape index (κ3) is 2.51. The Kier molecular flexibility index (Phi) is 3.61. The van der Waals surface area contributed by atoms with Crippen LogP contribution in [0.4, 0.5) is 5.00 Å². The van der Waals surface area contributed by atoms with Crippen LogP contribution in [-0.4, -0.2) is 25.8 Å². The molecule has 0 bridgehead atoms. The molecule has 96 valence electrons. The van der Waals surface area contributed by atoms with Crippen LogP contribution >= 0.6 is 11.3 Å². The highest BCUT2D eigenvalue weighted by Gasteiger charge is 2.14. The van der Waals surface area contributed by atoms with Gasteiger partial charge < -0.3 is 10.4 Å². The summed E-state index contributed by atoms with van der Waals surface area (Å²) in [6.45, 7) is 2.60. The van der Waals surface area contributed by atoms with Crippen molar-refractivity contribution in [1.29, 1.82) is 0 Å². The van der Waals surface area contributed by atoms with Gasteiger partial charge in [-0.25, -0.2) is 9.78 Å². The monoisotopic (exact) mass is 266 g/mol. The van der Waals surface area contributed by atoms with Crippen LogP contribution in [0.3, 0.4) is 0 Å². The molecule has 0 aliphatic heterocycles. The lowest BCUT2D eigenvalue weighted by atomic mass is 10.2. The van der Waals surface area contributed by atoms with Crippen LogP contribution in [-0.2, 0) is 20.0 Å². The molecule has 0 saturated heterocycles. The second kappa shape index (κ2) is 5.18. The number of carbonyl (C=O) groups is 1. The molecule has 6 nitrogen and oxygen atoms in total. The van der Waals surface area contributed by atoms with Gasteiger partial charge in [0.15, 0.2) is 5.69 Å². The maximum Gasteiger partial charge on any atom is 0.357 e. The quantitative estimate of drug-likeness (QED) is 0.861. The van der Waals surface area contributed by atoms with E-state index in [1.807, 2.05) is 20.2 Å². The Bertz CT molecular complexity index is 561. The van der Waals surface area contributed by atoms with Gasteiger partial charge in [-0.2, -0.15) is 5.10 Å². The SMILES string of the molecule is CCc1nn(C)cc1CNc1scnc1C(=O)O. The minimum Gasteiger partial charge on any atom is -0.476 e. The fourth-order valence-corrected chi connectivity index (χ4v) is 2.40. The largest absolute Gasteiger partial charge is 0.476 e. The number of carboxylic acid groups (broad SMARTS) is 1. The molecule has 0 radical (unpaired) electrons. The predicted molar refractivity (Wildman–Crippen MR) is 69.0 cm³/mol. The van der Waals surface area contributed by atoms with Crippen molar-refractivity contribution < 1.29 is 9.90 Å². The molecule has 0 aliphatic carbocycles. The van der Waals surface area contributed by atoms with E-state index in [1.165, 1.54) is 16.8 Å². The van der Waals surface area contributed by atoms with Crippen molar-refractivity contribution in [2.75, 3.05) is 5.32 Å². The Hall–Kier alpha value is -1.89. The van der Waals surface area contributed by atoms with Gasteiger partial charge in [-0.15, -0.1) is 11.3 Å². The number of aryl methyl sites for hydroxylation is 2. The number of aromatic nitrogens is 3. The van der Waals surface area contributed by atoms with Gasteiger partial charge in [-0.3, -0.25) is 4.68 Å². The van der Waals surface area contributed by atoms with Crippen LogP contribution in [0.2, 0.25) is 0 Å². The van der Waals surface area contributed by atoms with Gasteiger partial charge in [0, 0.05) is 25.4 Å². The van der Waals surface area contributed by atoms with E-state index < -0.39 is 5.97 Å². The molecular formula is C11H14N4O2S. The molecule has 0 spiro atoms. The smallest absolute Gasteiger partial charge is 0.357 e. The highest BCUT2D eigenvalue weighted by atomic mass is 32.1. The molecule has 2 aromatic heterocycles. The Morgan fingerprint density at radius 1 is 1.61 bits per heavy atom. The molecule has 2 rings (SSSR count). The highest BCUT2D eigenvalue weighted by Crippen LogP contribution is 2.21. The number of thiazole rings is 1. The van der Waals surface area contributed by atoms with Crippen molar-refractivity contribution >= 4 is 22.3 Å². The summed E-state index contributed by atoms with van der Waals surface area (Å²) in [5.74, 6) is -1.01. The number of hydrogen-bond acceptors (Lipinski definition) is 5. The molecule has 0 saturated carbocycles. The van der Waals surface area contributed by atoms with E-state index >= 15 is 0 Å². The molecule has 0 fully saturated rings. The van der Waals surface area contributed by atoms with E-state index in [4.69, 9.17) is 5.11 Å². The third-order valence-corrected chi connectivity index (χ3v) is 3.32. The molecule has 0 aliphatic rings. The first-order valence-corrected chi connectivity index (χ1v) is 6.41. The number of aromatic carboxylic acids is 1. The molecule has 2 aromatic rings. The van der Waals surface area contributed by atoms with Gasteiger partial charge in [0.1, 0.15) is 5.00 Å². The van der Waals surface area contributed by atoms with Crippen LogP contribution < -0.4 is 5.32 Å². The summed E-state index contributed by atoms with van der Waals surface area (Å²) in [5, 5.41) is 17.0. The average molecular weight is 266 g/mol. The van der Waals surface area contributed by atoms with Crippen LogP contribution in [0, 0.1) is 0 Å². The molecule has 2 heterocycles. The molecule has 0 atom stereocenters. The second-order valence-electron chi connectivity index (χ2n) is 3.82. The van der Waals surface area contributed by atoms with Crippen molar-refractivity contribution in [2.24, 2.45) is 7.05 Å². The molecule has 0 aromatic carbocycles. The van der Waals surface area contributed by atoms with Crippen LogP contribution in [0.25, 0.3) is 0 Å². The zero-order valence-electron chi connectivity index (χ0n) is 10.2. The van der Waals surface area contributed by atoms with E-state index in [9.17, 15) is 4.79 Å². The number of nitrogens with zero attached hydrogens (tertiary/aromatic N) is 3. The Labute approximate surface area is 108 Å². The number of carboxylic acids is 1. The van der Waals surface area contributed by atoms with Gasteiger partial charge in [0.25, 0.3) is 0 Å². The maximum absolute atomic E-state index is 10.9. The predicted octanol–water partition coefficient (Wildman–Crippen LogP) is 1.75. The van der Waals surface area contributed by atoms with Gasteiger partial charge in [-0.05, 0) is 6.42 Å². The summed E-state index contributed by atoms with van der Waals surface area (Å²) in [7, 11) is 1.87. The highest BCUT2D eigenvalue weighted by molar-refractivity contribution is 7.14. The zero-order valence-corrected chi connectivity index (χ0v) is 11.0. The van der Waals surface area contributed by atoms with Crippen molar-refractivity contribution in [2.45, 2.75) is 19.9 Å². The lowest BCUT2D eigenvalue weighted by Crippen LogP contribution is -2.05. The second-order valence-corrected chi connectivity index (χ2v) is 4.67. The fourth-order valence-electron chi connectivity index (χ4n) is 1.73. The lowest BCUT2D eigenvalue weighted by molar-refractivity contribution is 0.0692. The summed E-state index contributed by atoms with van der Waals surface area (Å²) in [6.07, 6.45) is 2.79. The number of rotatable bonds is 5. The van der Waals surface area contributed by atoms with E-state index in [2.05, 4.69) is 15.4 Å². The summed E-state index contributed by atoms with van der Waals surface area (Å²) >= 11 is 1.29. The molecular weight excluding hydrogens is 252 g/mol. The standard InChI is InChI=1S/C11H14N4O2S/c1-3-8-7(5-15(2)14-8)4-12-10-9(11(16)17)13-6-18-10/h5-6,12H,3-4H2,1-2H3,(H,16,17). The number of anilines is 1.